The molecular formula is C14H19FN2O2. The van der Waals surface area contributed by atoms with Crippen LogP contribution in [0.25, 0.3) is 0 Å². The third-order valence-electron chi connectivity index (χ3n) is 3.17. The first-order chi connectivity index (χ1) is 8.97. The summed E-state index contributed by atoms with van der Waals surface area (Å²) in [7, 11) is 1.76. The van der Waals surface area contributed by atoms with Crippen molar-refractivity contribution in [1.29, 1.82) is 0 Å². The molecule has 0 bridgehead atoms. The molecule has 5 heteroatoms. The third-order valence-corrected chi connectivity index (χ3v) is 3.17. The zero-order valence-corrected chi connectivity index (χ0v) is 11.2. The Hall–Kier alpha value is -1.62. The molecule has 1 atom stereocenters. The van der Waals surface area contributed by atoms with Gasteiger partial charge in [0.15, 0.2) is 0 Å². The maximum absolute atomic E-state index is 13.2. The van der Waals surface area contributed by atoms with Gasteiger partial charge in [-0.15, -0.1) is 0 Å². The van der Waals surface area contributed by atoms with Gasteiger partial charge in [-0.2, -0.15) is 0 Å². The predicted octanol–water partition coefficient (Wildman–Crippen LogP) is 1.59. The number of carbonyl (C=O) groups excluding carboxylic acids is 1. The highest BCUT2D eigenvalue weighted by molar-refractivity contribution is 5.82. The molecule has 1 fully saturated rings. The van der Waals surface area contributed by atoms with E-state index in [9.17, 15) is 14.3 Å². The number of likely N-dealkylation sites (N-methyl/N-ethyl adjacent to an activating group) is 1. The number of rotatable bonds is 5. The Kier molecular flexibility index (Phi) is 4.04. The Balaban J connectivity index is 2.08. The van der Waals surface area contributed by atoms with E-state index in [0.717, 1.165) is 12.8 Å². The minimum absolute atomic E-state index is 0.0501. The average molecular weight is 266 g/mol. The first kappa shape index (κ1) is 13.8. The van der Waals surface area contributed by atoms with E-state index in [1.807, 2.05) is 0 Å². The fraction of sp³-hybridized carbons (Fsp3) is 0.500. The summed E-state index contributed by atoms with van der Waals surface area (Å²) in [5, 5.41) is 12.6. The van der Waals surface area contributed by atoms with Gasteiger partial charge in [-0.3, -0.25) is 4.79 Å². The van der Waals surface area contributed by atoms with Gasteiger partial charge in [0.05, 0.1) is 12.6 Å². The van der Waals surface area contributed by atoms with Crippen molar-refractivity contribution in [2.75, 3.05) is 18.5 Å². The topological polar surface area (TPSA) is 52.6 Å². The molecule has 1 saturated carbocycles. The molecule has 2 N–H and O–H groups in total. The summed E-state index contributed by atoms with van der Waals surface area (Å²) >= 11 is 0. The van der Waals surface area contributed by atoms with Crippen LogP contribution in [0.1, 0.15) is 31.4 Å². The van der Waals surface area contributed by atoms with Gasteiger partial charge >= 0.3 is 0 Å². The van der Waals surface area contributed by atoms with Crippen LogP contribution in [0.4, 0.5) is 10.1 Å². The van der Waals surface area contributed by atoms with Crippen molar-refractivity contribution in [3.63, 3.8) is 0 Å². The Labute approximate surface area is 112 Å². The number of anilines is 1. The molecule has 0 radical (unpaired) electrons. The second-order valence-corrected chi connectivity index (χ2v) is 5.08. The van der Waals surface area contributed by atoms with E-state index in [4.69, 9.17) is 0 Å². The van der Waals surface area contributed by atoms with Crippen LogP contribution in [0.3, 0.4) is 0 Å². The normalized spacial score (nSPS) is 16.0. The summed E-state index contributed by atoms with van der Waals surface area (Å²) in [5.41, 5.74) is 1.16. The van der Waals surface area contributed by atoms with Crippen LogP contribution in [0, 0.1) is 5.82 Å². The quantitative estimate of drug-likeness (QED) is 0.851. The van der Waals surface area contributed by atoms with Gasteiger partial charge < -0.3 is 15.3 Å². The summed E-state index contributed by atoms with van der Waals surface area (Å²) in [6.45, 7) is 1.78. The monoisotopic (exact) mass is 266 g/mol. The van der Waals surface area contributed by atoms with E-state index in [-0.39, 0.29) is 12.5 Å². The van der Waals surface area contributed by atoms with E-state index in [2.05, 4.69) is 5.32 Å². The molecule has 0 unspecified atom stereocenters. The highest BCUT2D eigenvalue weighted by atomic mass is 19.1. The number of benzene rings is 1. The smallest absolute Gasteiger partial charge is 0.239 e. The zero-order chi connectivity index (χ0) is 14.0. The number of nitrogens with zero attached hydrogens (tertiary/aromatic N) is 1. The van der Waals surface area contributed by atoms with Crippen LogP contribution in [0.2, 0.25) is 0 Å². The number of hydrogen-bond acceptors (Lipinski definition) is 3. The van der Waals surface area contributed by atoms with Gasteiger partial charge in [0.2, 0.25) is 5.91 Å². The molecule has 2 rings (SSSR count). The average Bonchev–Trinajstić information content (AvgIpc) is 3.12. The maximum Gasteiger partial charge on any atom is 0.239 e. The summed E-state index contributed by atoms with van der Waals surface area (Å²) in [5.74, 6) is -0.443. The molecule has 1 amide bonds. The molecule has 1 aliphatic rings. The van der Waals surface area contributed by atoms with Gasteiger partial charge in [-0.05, 0) is 38.0 Å². The van der Waals surface area contributed by atoms with E-state index >= 15 is 0 Å². The van der Waals surface area contributed by atoms with Crippen LogP contribution >= 0.6 is 0 Å². The molecule has 1 aliphatic carbocycles. The van der Waals surface area contributed by atoms with E-state index in [1.165, 1.54) is 12.1 Å². The minimum atomic E-state index is -0.778. The minimum Gasteiger partial charge on any atom is -0.389 e. The molecule has 0 aliphatic heterocycles. The van der Waals surface area contributed by atoms with Gasteiger partial charge in [0.1, 0.15) is 5.82 Å². The highest BCUT2D eigenvalue weighted by Gasteiger charge is 2.24. The summed E-state index contributed by atoms with van der Waals surface area (Å²) < 4.78 is 13.2. The Morgan fingerprint density at radius 1 is 1.58 bits per heavy atom. The molecule has 0 aromatic heterocycles. The summed E-state index contributed by atoms with van der Waals surface area (Å²) in [4.78, 5) is 13.5. The Morgan fingerprint density at radius 3 is 2.84 bits per heavy atom. The van der Waals surface area contributed by atoms with E-state index in [0.29, 0.717) is 17.3 Å². The first-order valence-electron chi connectivity index (χ1n) is 6.45. The molecule has 1 aromatic rings. The maximum atomic E-state index is 13.2. The number of aliphatic hydroxyl groups excluding tert-OH is 1. The van der Waals surface area contributed by atoms with Gasteiger partial charge in [-0.1, -0.05) is 0 Å². The fourth-order valence-corrected chi connectivity index (χ4v) is 2.01. The lowest BCUT2D eigenvalue weighted by Gasteiger charge is -2.23. The van der Waals surface area contributed by atoms with Crippen molar-refractivity contribution in [2.24, 2.45) is 0 Å². The summed E-state index contributed by atoms with van der Waals surface area (Å²) in [6.07, 6.45) is 1.32. The first-order valence-corrected chi connectivity index (χ1v) is 6.45. The van der Waals surface area contributed by atoms with Crippen LogP contribution in [-0.4, -0.2) is 30.6 Å². The standard InChI is InChI=1S/C14H19FN2O2/c1-9(18)12-7-10(15)3-6-13(12)17(2)8-14(19)16-11-4-5-11/h3,6-7,9,11,18H,4-5,8H2,1-2H3,(H,16,19)/t9-/m1/s1. The number of carbonyl (C=O) groups is 1. The lowest BCUT2D eigenvalue weighted by molar-refractivity contribution is -0.119. The van der Waals surface area contributed by atoms with Crippen LogP contribution in [0.15, 0.2) is 18.2 Å². The molecule has 4 nitrogen and oxygen atoms in total. The lowest BCUT2D eigenvalue weighted by Crippen LogP contribution is -2.36. The third kappa shape index (κ3) is 3.67. The SMILES string of the molecule is C[C@@H](O)c1cc(F)ccc1N(C)CC(=O)NC1CC1. The van der Waals surface area contributed by atoms with Crippen molar-refractivity contribution >= 4 is 11.6 Å². The Morgan fingerprint density at radius 2 is 2.26 bits per heavy atom. The molecule has 104 valence electrons. The number of hydrogen-bond donors (Lipinski definition) is 2. The number of amides is 1. The van der Waals surface area contributed by atoms with Crippen molar-refractivity contribution < 1.29 is 14.3 Å². The van der Waals surface area contributed by atoms with Crippen LogP contribution < -0.4 is 10.2 Å². The highest BCUT2D eigenvalue weighted by Crippen LogP contribution is 2.26. The number of halogens is 1. The van der Waals surface area contributed by atoms with Crippen LogP contribution in [-0.2, 0) is 4.79 Å². The van der Waals surface area contributed by atoms with E-state index < -0.39 is 11.9 Å². The number of nitrogens with one attached hydrogen (secondary N) is 1. The second-order valence-electron chi connectivity index (χ2n) is 5.08. The van der Waals surface area contributed by atoms with Crippen molar-refractivity contribution in [3.8, 4) is 0 Å². The number of aliphatic hydroxyl groups is 1. The van der Waals surface area contributed by atoms with Crippen molar-refractivity contribution in [3.05, 3.63) is 29.6 Å². The molecule has 1 aromatic carbocycles. The fourth-order valence-electron chi connectivity index (χ4n) is 2.01. The van der Waals surface area contributed by atoms with Crippen molar-refractivity contribution in [1.82, 2.24) is 5.32 Å². The predicted molar refractivity (Wildman–Crippen MR) is 71.5 cm³/mol. The Bertz CT molecular complexity index is 473. The van der Waals surface area contributed by atoms with E-state index in [1.54, 1.807) is 24.9 Å². The van der Waals surface area contributed by atoms with Crippen molar-refractivity contribution in [2.45, 2.75) is 31.9 Å². The molecule has 0 spiro atoms. The molecule has 0 heterocycles. The zero-order valence-electron chi connectivity index (χ0n) is 11.2. The van der Waals surface area contributed by atoms with Crippen LogP contribution in [0.5, 0.6) is 0 Å². The molecule has 19 heavy (non-hydrogen) atoms. The van der Waals surface area contributed by atoms with Gasteiger partial charge in [-0.25, -0.2) is 4.39 Å². The largest absolute Gasteiger partial charge is 0.389 e. The van der Waals surface area contributed by atoms with Gasteiger partial charge in [0.25, 0.3) is 0 Å². The molecular weight excluding hydrogens is 247 g/mol. The lowest BCUT2D eigenvalue weighted by atomic mass is 10.1. The second kappa shape index (κ2) is 5.57. The summed E-state index contributed by atoms with van der Waals surface area (Å²) in [6, 6.07) is 4.54. The van der Waals surface area contributed by atoms with Gasteiger partial charge in [0, 0.05) is 24.3 Å². The molecule has 0 saturated heterocycles.